The van der Waals surface area contributed by atoms with E-state index in [9.17, 15) is 4.79 Å². The Morgan fingerprint density at radius 3 is 2.50 bits per heavy atom. The van der Waals surface area contributed by atoms with Crippen molar-refractivity contribution in [3.8, 4) is 5.75 Å². The van der Waals surface area contributed by atoms with E-state index in [1.165, 1.54) is 11.9 Å². The molecular formula is C27H25N5O2. The minimum atomic E-state index is -0.423. The molecule has 0 saturated heterocycles. The van der Waals surface area contributed by atoms with Crippen LogP contribution in [-0.4, -0.2) is 20.7 Å². The minimum Gasteiger partial charge on any atom is -0.489 e. The highest BCUT2D eigenvalue weighted by molar-refractivity contribution is 6.06. The van der Waals surface area contributed by atoms with Crippen molar-refractivity contribution in [2.24, 2.45) is 0 Å². The van der Waals surface area contributed by atoms with E-state index >= 15 is 0 Å². The molecule has 1 amide bonds. The number of benzene rings is 3. The minimum absolute atomic E-state index is 0.192. The number of nitrogens with one attached hydrogen (secondary N) is 2. The smallest absolute Gasteiger partial charge is 0.255 e. The maximum Gasteiger partial charge on any atom is 0.255 e. The molecule has 0 bridgehead atoms. The molecule has 1 aliphatic heterocycles. The van der Waals surface area contributed by atoms with Gasteiger partial charge in [0.2, 0.25) is 5.95 Å². The third-order valence-electron chi connectivity index (χ3n) is 5.92. The van der Waals surface area contributed by atoms with Crippen LogP contribution in [0.2, 0.25) is 0 Å². The first-order valence-corrected chi connectivity index (χ1v) is 11.1. The second kappa shape index (κ2) is 9.23. The summed E-state index contributed by atoms with van der Waals surface area (Å²) >= 11 is 0. The van der Waals surface area contributed by atoms with Crippen molar-refractivity contribution < 1.29 is 9.53 Å². The lowest BCUT2D eigenvalue weighted by Crippen LogP contribution is -2.31. The summed E-state index contributed by atoms with van der Waals surface area (Å²) < 4.78 is 7.74. The zero-order valence-corrected chi connectivity index (χ0v) is 19.0. The molecule has 1 unspecified atom stereocenters. The lowest BCUT2D eigenvalue weighted by molar-refractivity contribution is -0.113. The Morgan fingerprint density at radius 1 is 1.00 bits per heavy atom. The predicted octanol–water partition coefficient (Wildman–Crippen LogP) is 5.09. The lowest BCUT2D eigenvalue weighted by Gasteiger charge is -2.28. The highest BCUT2D eigenvalue weighted by atomic mass is 16.5. The summed E-state index contributed by atoms with van der Waals surface area (Å²) in [4.78, 5) is 17.7. The average Bonchev–Trinajstić information content (AvgIpc) is 3.32. The Bertz CT molecular complexity index is 1340. The molecule has 0 radical (unpaired) electrons. The average molecular weight is 452 g/mol. The summed E-state index contributed by atoms with van der Waals surface area (Å²) in [6.07, 6.45) is 1.49. The van der Waals surface area contributed by atoms with Crippen LogP contribution in [0.1, 0.15) is 29.7 Å². The number of amides is 1. The number of allylic oxidation sites excluding steroid dienone is 1. The maximum atomic E-state index is 13.4. The number of aryl methyl sites for hydroxylation is 1. The fourth-order valence-electron chi connectivity index (χ4n) is 4.09. The number of para-hydroxylation sites is 1. The first kappa shape index (κ1) is 21.5. The summed E-state index contributed by atoms with van der Waals surface area (Å²) in [6, 6.07) is 24.9. The lowest BCUT2D eigenvalue weighted by atomic mass is 9.95. The zero-order chi connectivity index (χ0) is 23.5. The molecule has 2 heterocycles. The predicted molar refractivity (Wildman–Crippen MR) is 132 cm³/mol. The highest BCUT2D eigenvalue weighted by Gasteiger charge is 2.33. The molecule has 1 aromatic heterocycles. The number of carbonyl (C=O) groups excluding carboxylic acids is 1. The number of aromatic nitrogens is 3. The Labute approximate surface area is 198 Å². The van der Waals surface area contributed by atoms with Crippen LogP contribution in [-0.2, 0) is 11.4 Å². The van der Waals surface area contributed by atoms with Crippen LogP contribution in [0.25, 0.3) is 0 Å². The Kier molecular flexibility index (Phi) is 5.82. The maximum absolute atomic E-state index is 13.4. The molecule has 170 valence electrons. The van der Waals surface area contributed by atoms with E-state index < -0.39 is 6.04 Å². The van der Waals surface area contributed by atoms with Crippen molar-refractivity contribution >= 4 is 17.5 Å². The number of rotatable bonds is 6. The molecule has 0 fully saturated rings. The molecule has 34 heavy (non-hydrogen) atoms. The zero-order valence-electron chi connectivity index (χ0n) is 19.0. The van der Waals surface area contributed by atoms with Crippen LogP contribution in [0.15, 0.2) is 96.5 Å². The van der Waals surface area contributed by atoms with Gasteiger partial charge in [-0.3, -0.25) is 4.79 Å². The molecule has 2 N–H and O–H groups in total. The molecule has 0 saturated carbocycles. The van der Waals surface area contributed by atoms with Gasteiger partial charge in [0.1, 0.15) is 24.7 Å². The van der Waals surface area contributed by atoms with E-state index in [1.54, 1.807) is 4.68 Å². The number of carbonyl (C=O) groups is 1. The molecule has 3 aromatic carbocycles. The molecule has 4 aromatic rings. The van der Waals surface area contributed by atoms with Gasteiger partial charge in [0.05, 0.1) is 5.57 Å². The van der Waals surface area contributed by atoms with Gasteiger partial charge in [-0.25, -0.2) is 4.68 Å². The number of anilines is 2. The van der Waals surface area contributed by atoms with Gasteiger partial charge in [0, 0.05) is 11.4 Å². The van der Waals surface area contributed by atoms with Gasteiger partial charge in [-0.05, 0) is 54.8 Å². The summed E-state index contributed by atoms with van der Waals surface area (Å²) in [5.41, 5.74) is 5.30. The van der Waals surface area contributed by atoms with Gasteiger partial charge in [-0.1, -0.05) is 54.6 Å². The second-order valence-corrected chi connectivity index (χ2v) is 8.20. The summed E-state index contributed by atoms with van der Waals surface area (Å²) in [5, 5.41) is 10.6. The Morgan fingerprint density at radius 2 is 1.74 bits per heavy atom. The van der Waals surface area contributed by atoms with Crippen molar-refractivity contribution in [3.05, 3.63) is 113 Å². The van der Waals surface area contributed by atoms with Crippen molar-refractivity contribution in [1.29, 1.82) is 0 Å². The van der Waals surface area contributed by atoms with E-state index in [0.29, 0.717) is 18.1 Å². The van der Waals surface area contributed by atoms with Gasteiger partial charge in [-0.2, -0.15) is 10.1 Å². The van der Waals surface area contributed by atoms with E-state index in [2.05, 4.69) is 39.8 Å². The van der Waals surface area contributed by atoms with Crippen LogP contribution in [0.4, 0.5) is 11.6 Å². The van der Waals surface area contributed by atoms with Crippen molar-refractivity contribution in [2.75, 3.05) is 10.6 Å². The Hall–Kier alpha value is -4.39. The van der Waals surface area contributed by atoms with E-state index in [0.717, 1.165) is 28.3 Å². The van der Waals surface area contributed by atoms with E-state index in [4.69, 9.17) is 4.74 Å². The third-order valence-corrected chi connectivity index (χ3v) is 5.92. The highest BCUT2D eigenvalue weighted by Crippen LogP contribution is 2.35. The van der Waals surface area contributed by atoms with Gasteiger partial charge in [0.25, 0.3) is 5.91 Å². The molecule has 7 nitrogen and oxygen atoms in total. The van der Waals surface area contributed by atoms with Crippen molar-refractivity contribution in [3.63, 3.8) is 0 Å². The molecule has 5 rings (SSSR count). The molecule has 1 aliphatic rings. The van der Waals surface area contributed by atoms with Crippen LogP contribution >= 0.6 is 0 Å². The summed E-state index contributed by atoms with van der Waals surface area (Å²) in [7, 11) is 0. The first-order valence-electron chi connectivity index (χ1n) is 11.1. The number of hydrogen-bond donors (Lipinski definition) is 2. The quantitative estimate of drug-likeness (QED) is 0.427. The van der Waals surface area contributed by atoms with Crippen molar-refractivity contribution in [1.82, 2.24) is 14.8 Å². The van der Waals surface area contributed by atoms with Crippen LogP contribution < -0.4 is 15.4 Å². The Balaban J connectivity index is 1.42. The van der Waals surface area contributed by atoms with Crippen LogP contribution in [0.3, 0.4) is 0 Å². The molecule has 0 spiro atoms. The first-order chi connectivity index (χ1) is 16.6. The van der Waals surface area contributed by atoms with Crippen LogP contribution in [0.5, 0.6) is 5.75 Å². The second-order valence-electron chi connectivity index (χ2n) is 8.20. The van der Waals surface area contributed by atoms with Crippen LogP contribution in [0, 0.1) is 6.92 Å². The van der Waals surface area contributed by atoms with Gasteiger partial charge < -0.3 is 15.4 Å². The number of hydrogen-bond acceptors (Lipinski definition) is 5. The molecule has 7 heteroatoms. The standard InChI is InChI=1S/C27H25N5O2/c1-18-8-6-7-9-21(18)16-34-23-14-12-20(13-15-23)25-24(19(2)30-27-28-17-29-32(25)27)26(33)31-22-10-4-3-5-11-22/h3-15,17,25H,16H2,1-2H3,(H,31,33)(H,28,29,30). The monoisotopic (exact) mass is 451 g/mol. The fourth-order valence-corrected chi connectivity index (χ4v) is 4.09. The van der Waals surface area contributed by atoms with Gasteiger partial charge >= 0.3 is 0 Å². The third kappa shape index (κ3) is 4.28. The largest absolute Gasteiger partial charge is 0.489 e. The topological polar surface area (TPSA) is 81.1 Å². The van der Waals surface area contributed by atoms with E-state index in [-0.39, 0.29) is 5.91 Å². The summed E-state index contributed by atoms with van der Waals surface area (Å²) in [6.45, 7) is 4.45. The van der Waals surface area contributed by atoms with Crippen molar-refractivity contribution in [2.45, 2.75) is 26.5 Å². The number of ether oxygens (including phenoxy) is 1. The summed E-state index contributed by atoms with van der Waals surface area (Å²) in [5.74, 6) is 1.16. The number of nitrogens with zero attached hydrogens (tertiary/aromatic N) is 3. The molecule has 1 atom stereocenters. The van der Waals surface area contributed by atoms with E-state index in [1.807, 2.05) is 73.7 Å². The normalized spacial score (nSPS) is 14.8. The molecular weight excluding hydrogens is 426 g/mol. The van der Waals surface area contributed by atoms with Gasteiger partial charge in [0.15, 0.2) is 0 Å². The fraction of sp³-hybridized carbons (Fsp3) is 0.148. The molecule has 0 aliphatic carbocycles. The van der Waals surface area contributed by atoms with Gasteiger partial charge in [-0.15, -0.1) is 0 Å². The SMILES string of the molecule is CC1=C(C(=O)Nc2ccccc2)C(c2ccc(OCc3ccccc3C)cc2)n2ncnc2N1. The number of fused-ring (bicyclic) bond motifs is 1.